The molecule has 7 heteroatoms. The summed E-state index contributed by atoms with van der Waals surface area (Å²) in [5.41, 5.74) is 2.50. The van der Waals surface area contributed by atoms with E-state index in [9.17, 15) is 9.59 Å². The molecular formula is C18H19N3O3S. The summed E-state index contributed by atoms with van der Waals surface area (Å²) in [6.07, 6.45) is 3.77. The van der Waals surface area contributed by atoms with Gasteiger partial charge in [0.2, 0.25) is 0 Å². The van der Waals surface area contributed by atoms with Gasteiger partial charge in [0.1, 0.15) is 0 Å². The zero-order valence-corrected chi connectivity index (χ0v) is 14.9. The van der Waals surface area contributed by atoms with Crippen molar-refractivity contribution >= 4 is 33.9 Å². The van der Waals surface area contributed by atoms with Crippen LogP contribution in [0.15, 0.2) is 42.0 Å². The summed E-state index contributed by atoms with van der Waals surface area (Å²) in [6, 6.07) is 7.58. The molecule has 0 fully saturated rings. The summed E-state index contributed by atoms with van der Waals surface area (Å²) < 4.78 is 7.06. The maximum absolute atomic E-state index is 12.1. The maximum atomic E-state index is 12.1. The van der Waals surface area contributed by atoms with E-state index in [4.69, 9.17) is 4.74 Å². The van der Waals surface area contributed by atoms with Crippen LogP contribution in [0, 0.1) is 0 Å². The van der Waals surface area contributed by atoms with Gasteiger partial charge in [-0.15, -0.1) is 11.3 Å². The van der Waals surface area contributed by atoms with E-state index in [1.807, 2.05) is 40.2 Å². The smallest absolute Gasteiger partial charge is 0.312 e. The number of carbonyl (C=O) groups is 2. The monoisotopic (exact) mass is 357 g/mol. The van der Waals surface area contributed by atoms with Gasteiger partial charge in [0.25, 0.3) is 5.91 Å². The van der Waals surface area contributed by atoms with Gasteiger partial charge in [0.05, 0.1) is 12.1 Å². The Morgan fingerprint density at radius 2 is 2.08 bits per heavy atom. The molecule has 0 aliphatic heterocycles. The number of hydrogen-bond acceptors (Lipinski definition) is 5. The second-order valence-corrected chi connectivity index (χ2v) is 6.55. The highest BCUT2D eigenvalue weighted by Gasteiger charge is 2.19. The highest BCUT2D eigenvalue weighted by atomic mass is 32.1. The number of imidazole rings is 1. The van der Waals surface area contributed by atoms with Crippen molar-refractivity contribution in [3.63, 3.8) is 0 Å². The largest absolute Gasteiger partial charge is 0.452 e. The number of amides is 1. The Kier molecular flexibility index (Phi) is 5.14. The molecule has 0 spiro atoms. The number of aryl methyl sites for hydroxylation is 1. The third-order valence-corrected chi connectivity index (χ3v) is 4.55. The predicted molar refractivity (Wildman–Crippen MR) is 96.8 cm³/mol. The Hall–Kier alpha value is -2.67. The molecule has 0 aliphatic rings. The lowest BCUT2D eigenvalue weighted by Crippen LogP contribution is -2.30. The van der Waals surface area contributed by atoms with Crippen LogP contribution in [-0.4, -0.2) is 27.4 Å². The lowest BCUT2D eigenvalue weighted by molar-refractivity contribution is -0.152. The van der Waals surface area contributed by atoms with Crippen LogP contribution in [-0.2, 0) is 27.2 Å². The number of rotatable bonds is 6. The van der Waals surface area contributed by atoms with Crippen molar-refractivity contribution in [2.75, 3.05) is 5.32 Å². The minimum atomic E-state index is -0.873. The van der Waals surface area contributed by atoms with Crippen LogP contribution in [0.25, 0.3) is 4.96 Å². The molecule has 2 aromatic heterocycles. The normalized spacial score (nSPS) is 12.1. The van der Waals surface area contributed by atoms with Crippen molar-refractivity contribution < 1.29 is 14.3 Å². The van der Waals surface area contributed by atoms with Gasteiger partial charge >= 0.3 is 5.97 Å². The highest BCUT2D eigenvalue weighted by molar-refractivity contribution is 7.15. The molecule has 6 nitrogen and oxygen atoms in total. The summed E-state index contributed by atoms with van der Waals surface area (Å²) in [4.78, 5) is 29.3. The van der Waals surface area contributed by atoms with Crippen molar-refractivity contribution in [1.29, 1.82) is 0 Å². The Labute approximate surface area is 149 Å². The number of nitrogens with one attached hydrogen (secondary N) is 1. The van der Waals surface area contributed by atoms with E-state index in [2.05, 4.69) is 17.2 Å². The van der Waals surface area contributed by atoms with Crippen LogP contribution < -0.4 is 5.32 Å². The molecule has 25 heavy (non-hydrogen) atoms. The first-order chi connectivity index (χ1) is 12.0. The van der Waals surface area contributed by atoms with E-state index in [1.54, 1.807) is 13.1 Å². The average molecular weight is 357 g/mol. The second kappa shape index (κ2) is 7.48. The quantitative estimate of drug-likeness (QED) is 0.688. The highest BCUT2D eigenvalue weighted by Crippen LogP contribution is 2.13. The number of nitrogens with zero attached hydrogens (tertiary/aromatic N) is 2. The molecule has 3 rings (SSSR count). The molecule has 0 unspecified atom stereocenters. The molecule has 0 radical (unpaired) electrons. The fourth-order valence-corrected chi connectivity index (χ4v) is 3.09. The minimum Gasteiger partial charge on any atom is -0.452 e. The van der Waals surface area contributed by atoms with Crippen molar-refractivity contribution in [2.45, 2.75) is 32.8 Å². The Balaban J connectivity index is 1.52. The first-order valence-corrected chi connectivity index (χ1v) is 8.93. The molecule has 3 aromatic rings. The molecule has 0 bridgehead atoms. The fourth-order valence-electron chi connectivity index (χ4n) is 2.37. The van der Waals surface area contributed by atoms with E-state index in [1.165, 1.54) is 16.9 Å². The summed E-state index contributed by atoms with van der Waals surface area (Å²) >= 11 is 1.49. The van der Waals surface area contributed by atoms with Crippen LogP contribution >= 0.6 is 11.3 Å². The lowest BCUT2D eigenvalue weighted by Gasteiger charge is -2.13. The van der Waals surface area contributed by atoms with Crippen molar-refractivity contribution in [2.24, 2.45) is 0 Å². The standard InChI is InChI=1S/C18H19N3O3S/c1-3-13-4-6-14(7-5-13)19-17(23)12(2)24-16(22)10-15-11-21-8-9-25-18(21)20-15/h4-9,11-12H,3,10H2,1-2H3,(H,19,23)/t12-/m0/s1. The molecule has 1 aromatic carbocycles. The van der Waals surface area contributed by atoms with Gasteiger partial charge in [-0.1, -0.05) is 19.1 Å². The second-order valence-electron chi connectivity index (χ2n) is 5.67. The molecule has 1 N–H and O–H groups in total. The van der Waals surface area contributed by atoms with Crippen molar-refractivity contribution in [3.8, 4) is 0 Å². The first kappa shape index (κ1) is 17.2. The molecule has 2 heterocycles. The van der Waals surface area contributed by atoms with Crippen molar-refractivity contribution in [1.82, 2.24) is 9.38 Å². The summed E-state index contributed by atoms with van der Waals surface area (Å²) in [5, 5.41) is 4.67. The number of hydrogen-bond donors (Lipinski definition) is 1. The summed E-state index contributed by atoms with van der Waals surface area (Å²) in [7, 11) is 0. The number of ether oxygens (including phenoxy) is 1. The van der Waals surface area contributed by atoms with E-state index in [-0.39, 0.29) is 12.3 Å². The first-order valence-electron chi connectivity index (χ1n) is 8.05. The number of thiazole rings is 1. The van der Waals surface area contributed by atoms with E-state index < -0.39 is 12.1 Å². The number of carbonyl (C=O) groups excluding carboxylic acids is 2. The van der Waals surface area contributed by atoms with Gasteiger partial charge in [-0.2, -0.15) is 0 Å². The fraction of sp³-hybridized carbons (Fsp3) is 0.278. The van der Waals surface area contributed by atoms with Gasteiger partial charge in [-0.05, 0) is 31.0 Å². The Morgan fingerprint density at radius 1 is 1.32 bits per heavy atom. The van der Waals surface area contributed by atoms with Crippen LogP contribution in [0.1, 0.15) is 25.1 Å². The molecule has 1 atom stereocenters. The van der Waals surface area contributed by atoms with Crippen LogP contribution in [0.4, 0.5) is 5.69 Å². The van der Waals surface area contributed by atoms with Crippen LogP contribution in [0.2, 0.25) is 0 Å². The topological polar surface area (TPSA) is 72.7 Å². The van der Waals surface area contributed by atoms with Crippen LogP contribution in [0.3, 0.4) is 0 Å². The molecule has 0 saturated carbocycles. The predicted octanol–water partition coefficient (Wildman–Crippen LogP) is 3.07. The van der Waals surface area contributed by atoms with Gasteiger partial charge in [-0.25, -0.2) is 4.98 Å². The summed E-state index contributed by atoms with van der Waals surface area (Å²) in [6.45, 7) is 3.62. The van der Waals surface area contributed by atoms with Gasteiger partial charge in [0, 0.05) is 23.5 Å². The van der Waals surface area contributed by atoms with Crippen molar-refractivity contribution in [3.05, 3.63) is 53.3 Å². The van der Waals surface area contributed by atoms with Gasteiger partial charge in [-0.3, -0.25) is 14.0 Å². The van der Waals surface area contributed by atoms with E-state index >= 15 is 0 Å². The number of benzene rings is 1. The Morgan fingerprint density at radius 3 is 2.76 bits per heavy atom. The number of aromatic nitrogens is 2. The number of fused-ring (bicyclic) bond motifs is 1. The third kappa shape index (κ3) is 4.24. The van der Waals surface area contributed by atoms with E-state index in [0.717, 1.165) is 11.4 Å². The van der Waals surface area contributed by atoms with Gasteiger partial charge < -0.3 is 10.1 Å². The zero-order chi connectivity index (χ0) is 17.8. The SMILES string of the molecule is CCc1ccc(NC(=O)[C@H](C)OC(=O)Cc2cn3ccsc3n2)cc1. The molecule has 1 amide bonds. The minimum absolute atomic E-state index is 0.0389. The number of anilines is 1. The number of esters is 1. The molecule has 130 valence electrons. The van der Waals surface area contributed by atoms with E-state index in [0.29, 0.717) is 11.4 Å². The third-order valence-electron chi connectivity index (χ3n) is 3.78. The van der Waals surface area contributed by atoms with Crippen LogP contribution in [0.5, 0.6) is 0 Å². The van der Waals surface area contributed by atoms with Gasteiger partial charge in [0.15, 0.2) is 11.1 Å². The maximum Gasteiger partial charge on any atom is 0.312 e. The Bertz CT molecular complexity index is 854. The molecule has 0 aliphatic carbocycles. The summed E-state index contributed by atoms with van der Waals surface area (Å²) in [5.74, 6) is -0.835. The molecule has 0 saturated heterocycles. The average Bonchev–Trinajstić information content (AvgIpc) is 3.16. The lowest BCUT2D eigenvalue weighted by atomic mass is 10.1. The molecular weight excluding hydrogens is 338 g/mol. The zero-order valence-electron chi connectivity index (χ0n) is 14.1.